The highest BCUT2D eigenvalue weighted by molar-refractivity contribution is 8.01. The molecule has 1 N–H and O–H groups in total. The number of methoxy groups -OCH3 is 1. The van der Waals surface area contributed by atoms with E-state index in [4.69, 9.17) is 4.74 Å². The molecule has 1 aromatic heterocycles. The minimum Gasteiger partial charge on any atom is -0.496 e. The predicted octanol–water partition coefficient (Wildman–Crippen LogP) is 5.09. The molecule has 9 heteroatoms. The van der Waals surface area contributed by atoms with Gasteiger partial charge < -0.3 is 19.5 Å². The number of rotatable bonds is 9. The van der Waals surface area contributed by atoms with Crippen LogP contribution in [0.15, 0.2) is 65.6 Å². The number of amides is 2. The molecule has 40 heavy (non-hydrogen) atoms. The van der Waals surface area contributed by atoms with Crippen molar-refractivity contribution in [3.8, 4) is 17.0 Å². The van der Waals surface area contributed by atoms with Gasteiger partial charge in [0.1, 0.15) is 11.1 Å². The summed E-state index contributed by atoms with van der Waals surface area (Å²) in [6.07, 6.45) is 4.37. The first-order chi connectivity index (χ1) is 19.4. The number of benzene rings is 2. The van der Waals surface area contributed by atoms with Gasteiger partial charge in [0.05, 0.1) is 18.1 Å². The van der Waals surface area contributed by atoms with Crippen LogP contribution in [0.25, 0.3) is 11.3 Å². The van der Waals surface area contributed by atoms with Gasteiger partial charge in [-0.2, -0.15) is 0 Å². The molecule has 0 radical (unpaired) electrons. The molecule has 3 heterocycles. The van der Waals surface area contributed by atoms with Gasteiger partial charge in [-0.15, -0.1) is 11.8 Å². The van der Waals surface area contributed by atoms with Crippen LogP contribution in [-0.4, -0.2) is 63.2 Å². The van der Waals surface area contributed by atoms with E-state index in [1.165, 1.54) is 0 Å². The van der Waals surface area contributed by atoms with Gasteiger partial charge >= 0.3 is 5.69 Å². The zero-order valence-electron chi connectivity index (χ0n) is 23.4. The maximum atomic E-state index is 13.6. The van der Waals surface area contributed by atoms with E-state index < -0.39 is 5.25 Å². The molecule has 2 aromatic carbocycles. The van der Waals surface area contributed by atoms with Gasteiger partial charge in [0.25, 0.3) is 0 Å². The number of para-hydroxylation sites is 1. The fourth-order valence-corrected chi connectivity index (χ4v) is 7.09. The van der Waals surface area contributed by atoms with Crippen molar-refractivity contribution in [3.63, 3.8) is 0 Å². The van der Waals surface area contributed by atoms with Crippen LogP contribution in [0.1, 0.15) is 56.5 Å². The number of piperidine rings is 1. The Bertz CT molecular complexity index is 1380. The van der Waals surface area contributed by atoms with Crippen LogP contribution in [-0.2, 0) is 9.59 Å². The van der Waals surface area contributed by atoms with E-state index in [0.717, 1.165) is 29.0 Å². The van der Waals surface area contributed by atoms with Crippen LogP contribution in [0, 0.1) is 5.92 Å². The molecule has 2 amide bonds. The van der Waals surface area contributed by atoms with Gasteiger partial charge in [0.2, 0.25) is 11.8 Å². The van der Waals surface area contributed by atoms with Crippen LogP contribution in [0.4, 0.5) is 0 Å². The molecule has 0 spiro atoms. The molecule has 2 atom stereocenters. The van der Waals surface area contributed by atoms with Gasteiger partial charge in [0, 0.05) is 43.9 Å². The third-order valence-corrected chi connectivity index (χ3v) is 9.35. The molecular weight excluding hydrogens is 524 g/mol. The van der Waals surface area contributed by atoms with Crippen molar-refractivity contribution in [2.45, 2.75) is 56.2 Å². The number of likely N-dealkylation sites (tertiary alicyclic amines) is 1. The number of H-pyrrole nitrogens is 1. The Labute approximate surface area is 239 Å². The van der Waals surface area contributed by atoms with Crippen LogP contribution in [0.3, 0.4) is 0 Å². The number of carbonyl (C=O) groups excluding carboxylic acids is 2. The van der Waals surface area contributed by atoms with E-state index in [1.807, 2.05) is 70.6 Å². The van der Waals surface area contributed by atoms with Crippen molar-refractivity contribution in [2.24, 2.45) is 5.92 Å². The molecule has 0 saturated carbocycles. The van der Waals surface area contributed by atoms with Crippen LogP contribution >= 0.6 is 11.8 Å². The first kappa shape index (κ1) is 28.1. The zero-order valence-corrected chi connectivity index (χ0v) is 24.2. The highest BCUT2D eigenvalue weighted by Crippen LogP contribution is 2.47. The number of nitrogens with zero attached hydrogens (tertiary/aromatic N) is 3. The highest BCUT2D eigenvalue weighted by atomic mass is 32.2. The summed E-state index contributed by atoms with van der Waals surface area (Å²) in [5.74, 6) is 1.25. The number of thioether (sulfide) groups is 1. The number of imidazole rings is 1. The molecule has 2 unspecified atom stereocenters. The smallest absolute Gasteiger partial charge is 0.326 e. The summed E-state index contributed by atoms with van der Waals surface area (Å²) in [6.45, 7) is 6.10. The van der Waals surface area contributed by atoms with Crippen molar-refractivity contribution < 1.29 is 14.3 Å². The Morgan fingerprint density at radius 2 is 1.75 bits per heavy atom. The lowest BCUT2D eigenvalue weighted by atomic mass is 10.0. The zero-order chi connectivity index (χ0) is 28.2. The van der Waals surface area contributed by atoms with E-state index in [1.54, 1.807) is 23.4 Å². The van der Waals surface area contributed by atoms with Crippen molar-refractivity contribution >= 4 is 23.6 Å². The third-order valence-electron chi connectivity index (χ3n) is 7.89. The Balaban J connectivity index is 1.23. The molecule has 8 nitrogen and oxygen atoms in total. The van der Waals surface area contributed by atoms with Crippen LogP contribution in [0.2, 0.25) is 0 Å². The molecule has 2 fully saturated rings. The van der Waals surface area contributed by atoms with Gasteiger partial charge in [-0.25, -0.2) is 4.79 Å². The van der Waals surface area contributed by atoms with Crippen molar-refractivity contribution in [1.82, 2.24) is 19.4 Å². The number of hydrogen-bond acceptors (Lipinski definition) is 5. The third kappa shape index (κ3) is 5.99. The number of aromatic nitrogens is 2. The van der Waals surface area contributed by atoms with E-state index in [2.05, 4.69) is 18.8 Å². The minimum absolute atomic E-state index is 0.000163. The molecule has 0 bridgehead atoms. The monoisotopic (exact) mass is 562 g/mol. The van der Waals surface area contributed by atoms with E-state index in [0.29, 0.717) is 38.4 Å². The Hall–Kier alpha value is -3.46. The largest absolute Gasteiger partial charge is 0.496 e. The Kier molecular flexibility index (Phi) is 8.69. The number of carbonyl (C=O) groups is 2. The Morgan fingerprint density at radius 1 is 1.05 bits per heavy atom. The number of nitrogens with one attached hydrogen (secondary N) is 1. The summed E-state index contributed by atoms with van der Waals surface area (Å²) in [7, 11) is 1.65. The number of hydrogen-bond donors (Lipinski definition) is 1. The topological polar surface area (TPSA) is 87.6 Å². The molecule has 0 aliphatic carbocycles. The molecule has 2 aliphatic heterocycles. The van der Waals surface area contributed by atoms with Crippen molar-refractivity contribution in [3.05, 3.63) is 76.8 Å². The van der Waals surface area contributed by atoms with E-state index >= 15 is 0 Å². The highest BCUT2D eigenvalue weighted by Gasteiger charge is 2.43. The number of aromatic amines is 1. The average molecular weight is 563 g/mol. The second kappa shape index (κ2) is 12.4. The fraction of sp³-hybridized carbons (Fsp3) is 0.452. The maximum Gasteiger partial charge on any atom is 0.326 e. The van der Waals surface area contributed by atoms with Gasteiger partial charge in [-0.05, 0) is 36.8 Å². The number of ether oxygens (including phenoxy) is 1. The summed E-state index contributed by atoms with van der Waals surface area (Å²) in [5, 5.41) is -0.599. The summed E-state index contributed by atoms with van der Waals surface area (Å²) >= 11 is 1.55. The first-order valence-corrected chi connectivity index (χ1v) is 15.0. The van der Waals surface area contributed by atoms with E-state index in [-0.39, 0.29) is 35.3 Å². The Morgan fingerprint density at radius 3 is 2.45 bits per heavy atom. The summed E-state index contributed by atoms with van der Waals surface area (Å²) in [6, 6.07) is 17.6. The molecule has 5 rings (SSSR count). The summed E-state index contributed by atoms with van der Waals surface area (Å²) < 4.78 is 7.38. The second-order valence-corrected chi connectivity index (χ2v) is 12.3. The quantitative estimate of drug-likeness (QED) is 0.392. The lowest BCUT2D eigenvalue weighted by Gasteiger charge is -2.32. The molecular formula is C31H38N4O4S. The standard InChI is InChI=1S/C31H38N4O4S/c1-21(2)13-18-34-29(37)27(40-30(34)24-11-7-8-12-26(24)39-3)19-28(36)33-16-14-23(15-17-33)35-20-25(32-31(35)38)22-9-5-4-6-10-22/h4-12,20-21,23,27,30H,13-19H2,1-3H3,(H,32,38). The summed E-state index contributed by atoms with van der Waals surface area (Å²) in [4.78, 5) is 46.4. The maximum absolute atomic E-state index is 13.6. The predicted molar refractivity (Wildman–Crippen MR) is 158 cm³/mol. The van der Waals surface area contributed by atoms with Crippen molar-refractivity contribution in [1.29, 1.82) is 0 Å². The first-order valence-electron chi connectivity index (χ1n) is 14.1. The average Bonchev–Trinajstić information content (AvgIpc) is 3.51. The van der Waals surface area contributed by atoms with Gasteiger partial charge in [-0.1, -0.05) is 62.4 Å². The lowest BCUT2D eigenvalue weighted by Crippen LogP contribution is -2.42. The second-order valence-electron chi connectivity index (χ2n) is 11.0. The summed E-state index contributed by atoms with van der Waals surface area (Å²) in [5.41, 5.74) is 2.61. The lowest BCUT2D eigenvalue weighted by molar-refractivity contribution is -0.136. The van der Waals surface area contributed by atoms with E-state index in [9.17, 15) is 14.4 Å². The van der Waals surface area contributed by atoms with Gasteiger partial charge in [0.15, 0.2) is 0 Å². The normalized spacial score (nSPS) is 19.9. The van der Waals surface area contributed by atoms with Crippen LogP contribution < -0.4 is 10.4 Å². The molecule has 3 aromatic rings. The van der Waals surface area contributed by atoms with Gasteiger partial charge in [-0.3, -0.25) is 14.2 Å². The SMILES string of the molecule is COc1ccccc1C1SC(CC(=O)N2CCC(n3cc(-c4ccccc4)[nH]c3=O)CC2)C(=O)N1CCC(C)C. The fourth-order valence-electron chi connectivity index (χ4n) is 5.59. The van der Waals surface area contributed by atoms with Crippen LogP contribution in [0.5, 0.6) is 5.75 Å². The molecule has 212 valence electrons. The molecule has 2 aliphatic rings. The molecule has 2 saturated heterocycles. The van der Waals surface area contributed by atoms with Crippen molar-refractivity contribution in [2.75, 3.05) is 26.7 Å². The minimum atomic E-state index is -0.423.